The van der Waals surface area contributed by atoms with E-state index < -0.39 is 0 Å². The van der Waals surface area contributed by atoms with Crippen LogP contribution in [0.2, 0.25) is 0 Å². The van der Waals surface area contributed by atoms with Crippen molar-refractivity contribution in [2.45, 2.75) is 31.4 Å². The van der Waals surface area contributed by atoms with Crippen molar-refractivity contribution in [3.05, 3.63) is 30.2 Å². The molecule has 128 valence electrons. The zero-order chi connectivity index (χ0) is 16.5. The number of aliphatic hydroxyl groups is 1. The number of hydrogen-bond acceptors (Lipinski definition) is 5. The minimum atomic E-state index is -0.213. The van der Waals surface area contributed by atoms with Crippen LogP contribution in [0, 0.1) is 0 Å². The number of rotatable bonds is 3. The zero-order valence-corrected chi connectivity index (χ0v) is 13.5. The first-order chi connectivity index (χ1) is 11.7. The number of aromatic amines is 1. The van der Waals surface area contributed by atoms with Crippen LogP contribution in [0.25, 0.3) is 11.5 Å². The molecule has 2 unspecified atom stereocenters. The fraction of sp³-hybridized carbons (Fsp3) is 0.529. The van der Waals surface area contributed by atoms with E-state index in [0.717, 1.165) is 32.4 Å². The van der Waals surface area contributed by atoms with E-state index >= 15 is 0 Å². The normalized spacial score (nSPS) is 25.3. The molecule has 1 aliphatic heterocycles. The van der Waals surface area contributed by atoms with Crippen molar-refractivity contribution in [1.82, 2.24) is 20.0 Å². The number of aliphatic hydroxyl groups excluding tert-OH is 1. The highest BCUT2D eigenvalue weighted by atomic mass is 16.3. The number of carbonyl (C=O) groups excluding carboxylic acids is 1. The molecule has 2 aliphatic rings. The van der Waals surface area contributed by atoms with Crippen molar-refractivity contribution in [1.29, 1.82) is 0 Å². The molecule has 0 aromatic carbocycles. The Bertz CT molecular complexity index is 689. The summed E-state index contributed by atoms with van der Waals surface area (Å²) in [5, 5.41) is 17.0. The van der Waals surface area contributed by atoms with Gasteiger partial charge in [0.05, 0.1) is 12.4 Å². The minimum Gasteiger partial charge on any atom is -0.463 e. The number of nitrogens with one attached hydrogen (secondary N) is 1. The van der Waals surface area contributed by atoms with Gasteiger partial charge in [-0.15, -0.1) is 0 Å². The Morgan fingerprint density at radius 1 is 1.29 bits per heavy atom. The molecule has 24 heavy (non-hydrogen) atoms. The van der Waals surface area contributed by atoms with E-state index in [1.54, 1.807) is 18.4 Å². The molecule has 2 N–H and O–H groups in total. The molecule has 2 fully saturated rings. The topological polar surface area (TPSA) is 85.6 Å². The molecule has 0 bridgehead atoms. The largest absolute Gasteiger partial charge is 0.463 e. The maximum absolute atomic E-state index is 12.6. The van der Waals surface area contributed by atoms with E-state index in [0.29, 0.717) is 30.2 Å². The van der Waals surface area contributed by atoms with Crippen molar-refractivity contribution in [3.63, 3.8) is 0 Å². The van der Waals surface area contributed by atoms with Crippen LogP contribution in [0.1, 0.15) is 29.8 Å². The predicted molar refractivity (Wildman–Crippen MR) is 87.4 cm³/mol. The molecule has 1 aliphatic carbocycles. The number of H-pyrrole nitrogens is 1. The number of carbonyl (C=O) groups is 1. The van der Waals surface area contributed by atoms with Gasteiger partial charge in [-0.25, -0.2) is 0 Å². The lowest BCUT2D eigenvalue weighted by molar-refractivity contribution is 0.0313. The quantitative estimate of drug-likeness (QED) is 0.887. The minimum absolute atomic E-state index is 0.0596. The van der Waals surface area contributed by atoms with Crippen LogP contribution in [0.5, 0.6) is 0 Å². The Kier molecular flexibility index (Phi) is 4.12. The van der Waals surface area contributed by atoms with Gasteiger partial charge in [-0.05, 0) is 31.4 Å². The summed E-state index contributed by atoms with van der Waals surface area (Å²) in [7, 11) is 0. The summed E-state index contributed by atoms with van der Waals surface area (Å²) >= 11 is 0. The monoisotopic (exact) mass is 330 g/mol. The maximum atomic E-state index is 12.6. The van der Waals surface area contributed by atoms with Gasteiger partial charge in [-0.1, -0.05) is 0 Å². The molecule has 2 atom stereocenters. The van der Waals surface area contributed by atoms with E-state index in [2.05, 4.69) is 15.1 Å². The third-order valence-corrected chi connectivity index (χ3v) is 5.10. The van der Waals surface area contributed by atoms with Crippen molar-refractivity contribution in [2.24, 2.45) is 0 Å². The maximum Gasteiger partial charge on any atom is 0.274 e. The highest BCUT2D eigenvalue weighted by molar-refractivity contribution is 5.93. The predicted octanol–water partition coefficient (Wildman–Crippen LogP) is 1.34. The zero-order valence-electron chi connectivity index (χ0n) is 13.5. The molecule has 3 heterocycles. The Labute approximate surface area is 140 Å². The van der Waals surface area contributed by atoms with E-state index in [1.807, 2.05) is 11.0 Å². The van der Waals surface area contributed by atoms with Gasteiger partial charge in [0.2, 0.25) is 0 Å². The van der Waals surface area contributed by atoms with Crippen LogP contribution >= 0.6 is 0 Å². The van der Waals surface area contributed by atoms with Gasteiger partial charge >= 0.3 is 0 Å². The first kappa shape index (κ1) is 15.4. The molecule has 7 heteroatoms. The molecule has 1 saturated heterocycles. The van der Waals surface area contributed by atoms with Crippen molar-refractivity contribution in [2.75, 3.05) is 26.2 Å². The van der Waals surface area contributed by atoms with Gasteiger partial charge < -0.3 is 14.4 Å². The lowest BCUT2D eigenvalue weighted by Gasteiger charge is -2.38. The van der Waals surface area contributed by atoms with Gasteiger partial charge in [0, 0.05) is 38.3 Å². The second-order valence-corrected chi connectivity index (χ2v) is 6.54. The van der Waals surface area contributed by atoms with Gasteiger partial charge in [0.25, 0.3) is 5.91 Å². The molecule has 7 nitrogen and oxygen atoms in total. The molecule has 1 amide bonds. The van der Waals surface area contributed by atoms with Crippen LogP contribution in [-0.2, 0) is 0 Å². The van der Waals surface area contributed by atoms with Crippen LogP contribution in [0.4, 0.5) is 0 Å². The SMILES string of the molecule is O=C(c1cc(-c2ccco2)[nH]n1)N1CCN(C2CCCC2O)CC1. The molecule has 0 radical (unpaired) electrons. The molecule has 1 saturated carbocycles. The molecular formula is C17H22N4O3. The fourth-order valence-corrected chi connectivity index (χ4v) is 3.75. The smallest absolute Gasteiger partial charge is 0.274 e. The van der Waals surface area contributed by atoms with Gasteiger partial charge in [-0.3, -0.25) is 14.8 Å². The highest BCUT2D eigenvalue weighted by Gasteiger charge is 2.33. The molecule has 2 aromatic rings. The average Bonchev–Trinajstić information content (AvgIpc) is 3.35. The van der Waals surface area contributed by atoms with Crippen molar-refractivity contribution >= 4 is 5.91 Å². The molecule has 0 spiro atoms. The van der Waals surface area contributed by atoms with Crippen LogP contribution in [-0.4, -0.2) is 69.3 Å². The third-order valence-electron chi connectivity index (χ3n) is 5.10. The van der Waals surface area contributed by atoms with Gasteiger partial charge in [0.15, 0.2) is 11.5 Å². The Morgan fingerprint density at radius 2 is 2.12 bits per heavy atom. The number of nitrogens with zero attached hydrogens (tertiary/aromatic N) is 3. The van der Waals surface area contributed by atoms with E-state index in [1.165, 1.54) is 0 Å². The summed E-state index contributed by atoms with van der Waals surface area (Å²) in [6.07, 6.45) is 4.42. The highest BCUT2D eigenvalue weighted by Crippen LogP contribution is 2.25. The third kappa shape index (κ3) is 2.85. The standard InChI is InChI=1S/C17H22N4O3/c22-15-4-1-3-14(15)20-6-8-21(9-7-20)17(23)13-11-12(18-19-13)16-5-2-10-24-16/h2,5,10-11,14-15,22H,1,3-4,6-9H2,(H,18,19). The Hall–Kier alpha value is -2.12. The van der Waals surface area contributed by atoms with E-state index in [4.69, 9.17) is 4.42 Å². The average molecular weight is 330 g/mol. The number of hydrogen-bond donors (Lipinski definition) is 2. The van der Waals surface area contributed by atoms with Gasteiger partial charge in [-0.2, -0.15) is 5.10 Å². The molecule has 4 rings (SSSR count). The summed E-state index contributed by atoms with van der Waals surface area (Å²) in [6, 6.07) is 5.62. The summed E-state index contributed by atoms with van der Waals surface area (Å²) < 4.78 is 5.31. The first-order valence-electron chi connectivity index (χ1n) is 8.53. The molecular weight excluding hydrogens is 308 g/mol. The number of piperazine rings is 1. The van der Waals surface area contributed by atoms with E-state index in [-0.39, 0.29) is 18.1 Å². The number of amides is 1. The Morgan fingerprint density at radius 3 is 2.79 bits per heavy atom. The first-order valence-corrected chi connectivity index (χ1v) is 8.53. The lowest BCUT2D eigenvalue weighted by atomic mass is 10.1. The van der Waals surface area contributed by atoms with Crippen LogP contribution in [0.3, 0.4) is 0 Å². The van der Waals surface area contributed by atoms with Gasteiger partial charge in [0.1, 0.15) is 5.69 Å². The second kappa shape index (κ2) is 6.41. The number of aromatic nitrogens is 2. The van der Waals surface area contributed by atoms with Crippen LogP contribution < -0.4 is 0 Å². The summed E-state index contributed by atoms with van der Waals surface area (Å²) in [6.45, 7) is 2.96. The molecule has 2 aromatic heterocycles. The lowest BCUT2D eigenvalue weighted by Crippen LogP contribution is -2.53. The van der Waals surface area contributed by atoms with E-state index in [9.17, 15) is 9.90 Å². The van der Waals surface area contributed by atoms with Crippen molar-refractivity contribution in [3.8, 4) is 11.5 Å². The summed E-state index contributed by atoms with van der Waals surface area (Å²) in [4.78, 5) is 16.8. The fourth-order valence-electron chi connectivity index (χ4n) is 3.75. The van der Waals surface area contributed by atoms with Crippen molar-refractivity contribution < 1.29 is 14.3 Å². The van der Waals surface area contributed by atoms with Crippen LogP contribution in [0.15, 0.2) is 28.9 Å². The Balaban J connectivity index is 1.38. The second-order valence-electron chi connectivity index (χ2n) is 6.54. The summed E-state index contributed by atoms with van der Waals surface area (Å²) in [5.74, 6) is 0.609. The summed E-state index contributed by atoms with van der Waals surface area (Å²) in [5.41, 5.74) is 1.12. The number of furan rings is 1.